The third kappa shape index (κ3) is 4.09. The van der Waals surface area contributed by atoms with Crippen LogP contribution in [0.1, 0.15) is 63.8 Å². The summed E-state index contributed by atoms with van der Waals surface area (Å²) in [5, 5.41) is 6.86. The normalized spacial score (nSPS) is 14.7. The first-order valence-corrected chi connectivity index (χ1v) is 7.98. The highest BCUT2D eigenvalue weighted by atomic mass is 15.1. The smallest absolute Gasteiger partial charge is 0.136 e. The molecule has 4 heteroatoms. The molecule has 1 aromatic heterocycles. The quantitative estimate of drug-likeness (QED) is 0.706. The van der Waals surface area contributed by atoms with Gasteiger partial charge in [-0.15, -0.1) is 0 Å². The van der Waals surface area contributed by atoms with Gasteiger partial charge in [0.2, 0.25) is 0 Å². The highest BCUT2D eigenvalue weighted by Gasteiger charge is 2.28. The molecule has 0 spiro atoms. The monoisotopic (exact) mass is 276 g/mol. The molecule has 1 aromatic rings. The molecule has 1 fully saturated rings. The van der Waals surface area contributed by atoms with E-state index in [1.54, 1.807) is 0 Å². The van der Waals surface area contributed by atoms with Crippen LogP contribution in [-0.4, -0.2) is 23.1 Å². The minimum Gasteiger partial charge on any atom is -0.370 e. The Hall–Kier alpha value is -1.32. The minimum absolute atomic E-state index is 0.587. The van der Waals surface area contributed by atoms with E-state index >= 15 is 0 Å². The van der Waals surface area contributed by atoms with Gasteiger partial charge < -0.3 is 10.6 Å². The molecule has 0 radical (unpaired) electrons. The zero-order valence-electron chi connectivity index (χ0n) is 13.3. The molecule has 112 valence electrons. The Balaban J connectivity index is 2.05. The van der Waals surface area contributed by atoms with Crippen molar-refractivity contribution < 1.29 is 0 Å². The van der Waals surface area contributed by atoms with E-state index in [0.29, 0.717) is 5.92 Å². The largest absolute Gasteiger partial charge is 0.370 e. The summed E-state index contributed by atoms with van der Waals surface area (Å²) in [5.74, 6) is 4.38. The minimum atomic E-state index is 0.587. The number of nitrogens with zero attached hydrogens (tertiary/aromatic N) is 2. The summed E-state index contributed by atoms with van der Waals surface area (Å²) in [4.78, 5) is 9.41. The molecule has 1 aliphatic carbocycles. The summed E-state index contributed by atoms with van der Waals surface area (Å²) in [6.45, 7) is 10.6. The van der Waals surface area contributed by atoms with Gasteiger partial charge in [0.15, 0.2) is 0 Å². The summed E-state index contributed by atoms with van der Waals surface area (Å²) in [5.41, 5.74) is 1.14. The van der Waals surface area contributed by atoms with E-state index in [0.717, 1.165) is 42.0 Å². The third-order valence-electron chi connectivity index (χ3n) is 3.70. The predicted octanol–water partition coefficient (Wildman–Crippen LogP) is 3.94. The topological polar surface area (TPSA) is 49.8 Å². The maximum atomic E-state index is 4.73. The Morgan fingerprint density at radius 2 is 1.80 bits per heavy atom. The van der Waals surface area contributed by atoms with Gasteiger partial charge in [-0.1, -0.05) is 13.8 Å². The third-order valence-corrected chi connectivity index (χ3v) is 3.70. The summed E-state index contributed by atoms with van der Waals surface area (Å²) in [7, 11) is 0. The second-order valence-electron chi connectivity index (χ2n) is 6.17. The van der Waals surface area contributed by atoms with Crippen LogP contribution >= 0.6 is 0 Å². The van der Waals surface area contributed by atoms with Crippen molar-refractivity contribution in [3.63, 3.8) is 0 Å². The summed E-state index contributed by atoms with van der Waals surface area (Å²) in [6, 6.07) is 0. The Morgan fingerprint density at radius 3 is 2.35 bits per heavy atom. The molecule has 0 unspecified atom stereocenters. The first kappa shape index (κ1) is 15.1. The molecule has 2 rings (SSSR count). The molecule has 0 amide bonds. The van der Waals surface area contributed by atoms with E-state index in [4.69, 9.17) is 4.98 Å². The maximum absolute atomic E-state index is 4.73. The lowest BCUT2D eigenvalue weighted by molar-refractivity contribution is 0.566. The van der Waals surface area contributed by atoms with Crippen LogP contribution < -0.4 is 10.6 Å². The van der Waals surface area contributed by atoms with Gasteiger partial charge in [-0.05, 0) is 45.4 Å². The van der Waals surface area contributed by atoms with Crippen LogP contribution in [0, 0.1) is 12.8 Å². The fourth-order valence-electron chi connectivity index (χ4n) is 2.29. The van der Waals surface area contributed by atoms with Crippen molar-refractivity contribution in [2.75, 3.05) is 23.7 Å². The zero-order valence-corrected chi connectivity index (χ0v) is 13.3. The lowest BCUT2D eigenvalue weighted by Crippen LogP contribution is -2.12. The molecule has 0 aliphatic heterocycles. The van der Waals surface area contributed by atoms with Crippen molar-refractivity contribution in [2.24, 2.45) is 5.92 Å². The average molecular weight is 276 g/mol. The number of hydrogen-bond donors (Lipinski definition) is 2. The number of aromatic nitrogens is 2. The summed E-state index contributed by atoms with van der Waals surface area (Å²) < 4.78 is 0. The lowest BCUT2D eigenvalue weighted by atomic mass is 10.1. The zero-order chi connectivity index (χ0) is 14.5. The highest BCUT2D eigenvalue weighted by molar-refractivity contribution is 5.57. The Kier molecular flexibility index (Phi) is 5.21. The van der Waals surface area contributed by atoms with Crippen LogP contribution in [0.4, 0.5) is 11.6 Å². The molecule has 20 heavy (non-hydrogen) atoms. The number of hydrogen-bond acceptors (Lipinski definition) is 4. The standard InChI is InChI=1S/C16H28N4/c1-5-17-14-12(4)15(18-10-6-7-11(2)3)20-16(19-14)13-8-9-13/h11,13H,5-10H2,1-4H3,(H2,17,18,19,20). The van der Waals surface area contributed by atoms with Gasteiger partial charge >= 0.3 is 0 Å². The van der Waals surface area contributed by atoms with Crippen molar-refractivity contribution in [1.82, 2.24) is 9.97 Å². The Morgan fingerprint density at radius 1 is 1.15 bits per heavy atom. The van der Waals surface area contributed by atoms with E-state index in [1.807, 2.05) is 0 Å². The van der Waals surface area contributed by atoms with Gasteiger partial charge in [-0.25, -0.2) is 9.97 Å². The van der Waals surface area contributed by atoms with Crippen molar-refractivity contribution >= 4 is 11.6 Å². The molecule has 2 N–H and O–H groups in total. The van der Waals surface area contributed by atoms with Crippen LogP contribution in [-0.2, 0) is 0 Å². The second-order valence-corrected chi connectivity index (χ2v) is 6.17. The fourth-order valence-corrected chi connectivity index (χ4v) is 2.29. The van der Waals surface area contributed by atoms with E-state index in [2.05, 4.69) is 43.3 Å². The summed E-state index contributed by atoms with van der Waals surface area (Å²) >= 11 is 0. The molecule has 1 aliphatic rings. The summed E-state index contributed by atoms with van der Waals surface area (Å²) in [6.07, 6.45) is 4.92. The lowest BCUT2D eigenvalue weighted by Gasteiger charge is -2.14. The van der Waals surface area contributed by atoms with Crippen LogP contribution in [0.3, 0.4) is 0 Å². The van der Waals surface area contributed by atoms with E-state index in [9.17, 15) is 0 Å². The van der Waals surface area contributed by atoms with Gasteiger partial charge in [0.05, 0.1) is 0 Å². The predicted molar refractivity (Wildman–Crippen MR) is 85.5 cm³/mol. The van der Waals surface area contributed by atoms with Gasteiger partial charge in [-0.2, -0.15) is 0 Å². The molecule has 1 saturated carbocycles. The van der Waals surface area contributed by atoms with Crippen molar-refractivity contribution in [1.29, 1.82) is 0 Å². The van der Waals surface area contributed by atoms with Gasteiger partial charge in [0, 0.05) is 24.6 Å². The molecule has 0 aromatic carbocycles. The van der Waals surface area contributed by atoms with E-state index < -0.39 is 0 Å². The van der Waals surface area contributed by atoms with E-state index in [1.165, 1.54) is 25.7 Å². The van der Waals surface area contributed by atoms with Crippen molar-refractivity contribution in [2.45, 2.75) is 59.3 Å². The fraction of sp³-hybridized carbons (Fsp3) is 0.750. The molecule has 0 saturated heterocycles. The highest BCUT2D eigenvalue weighted by Crippen LogP contribution is 2.39. The molecular weight excluding hydrogens is 248 g/mol. The van der Waals surface area contributed by atoms with E-state index in [-0.39, 0.29) is 0 Å². The first-order valence-electron chi connectivity index (χ1n) is 7.98. The van der Waals surface area contributed by atoms with Crippen LogP contribution in [0.25, 0.3) is 0 Å². The molecule has 0 bridgehead atoms. The molecule has 1 heterocycles. The molecule has 4 nitrogen and oxygen atoms in total. The molecular formula is C16H28N4. The number of nitrogens with one attached hydrogen (secondary N) is 2. The maximum Gasteiger partial charge on any atom is 0.136 e. The van der Waals surface area contributed by atoms with Crippen molar-refractivity contribution in [3.8, 4) is 0 Å². The Bertz CT molecular complexity index is 438. The SMILES string of the molecule is CCNc1nc(C2CC2)nc(NCCCC(C)C)c1C. The number of anilines is 2. The van der Waals surface area contributed by atoms with Gasteiger partial charge in [0.25, 0.3) is 0 Å². The van der Waals surface area contributed by atoms with Crippen LogP contribution in [0.5, 0.6) is 0 Å². The Labute approximate surface area is 122 Å². The number of rotatable bonds is 8. The van der Waals surface area contributed by atoms with Crippen molar-refractivity contribution in [3.05, 3.63) is 11.4 Å². The first-order chi connectivity index (χ1) is 9.61. The average Bonchev–Trinajstić information content (AvgIpc) is 3.22. The van der Waals surface area contributed by atoms with Crippen LogP contribution in [0.15, 0.2) is 0 Å². The molecule has 0 atom stereocenters. The van der Waals surface area contributed by atoms with Gasteiger partial charge in [-0.3, -0.25) is 0 Å². The second kappa shape index (κ2) is 6.91. The van der Waals surface area contributed by atoms with Gasteiger partial charge in [0.1, 0.15) is 17.5 Å². The van der Waals surface area contributed by atoms with Crippen LogP contribution in [0.2, 0.25) is 0 Å².